The van der Waals surface area contributed by atoms with Gasteiger partial charge in [0, 0.05) is 25.4 Å². The Morgan fingerprint density at radius 3 is 2.75 bits per heavy atom. The molecule has 0 unspecified atom stereocenters. The molecule has 2 N–H and O–H groups in total. The highest BCUT2D eigenvalue weighted by atomic mass is 32.2. The lowest BCUT2D eigenvalue weighted by atomic mass is 10.3. The van der Waals surface area contributed by atoms with Crippen molar-refractivity contribution in [3.63, 3.8) is 0 Å². The zero-order valence-corrected chi connectivity index (χ0v) is 7.58. The van der Waals surface area contributed by atoms with Crippen molar-refractivity contribution in [1.82, 2.24) is 9.78 Å². The van der Waals surface area contributed by atoms with Crippen LogP contribution >= 0.6 is 0 Å². The van der Waals surface area contributed by atoms with Crippen molar-refractivity contribution < 1.29 is 8.42 Å². The quantitative estimate of drug-likeness (QED) is 0.679. The number of nitrogens with two attached hydrogens (primary N) is 1. The molecule has 0 bridgehead atoms. The maximum absolute atomic E-state index is 10.6. The number of aryl methyl sites for hydroxylation is 2. The third-order valence-corrected chi connectivity index (χ3v) is 2.34. The van der Waals surface area contributed by atoms with Crippen LogP contribution < -0.4 is 5.14 Å². The molecule has 0 aliphatic carbocycles. The van der Waals surface area contributed by atoms with Crippen molar-refractivity contribution >= 4 is 10.0 Å². The molecule has 0 saturated heterocycles. The van der Waals surface area contributed by atoms with Gasteiger partial charge in [0.05, 0.1) is 5.75 Å². The van der Waals surface area contributed by atoms with Crippen LogP contribution in [0.4, 0.5) is 0 Å². The zero-order valence-electron chi connectivity index (χ0n) is 6.77. The Balaban J connectivity index is 2.61. The molecule has 0 spiro atoms. The Hall–Kier alpha value is -0.880. The first kappa shape index (κ1) is 9.21. The molecule has 0 aromatic carbocycles. The van der Waals surface area contributed by atoms with Gasteiger partial charge in [-0.2, -0.15) is 5.10 Å². The maximum Gasteiger partial charge on any atom is 0.209 e. The van der Waals surface area contributed by atoms with Crippen LogP contribution in [0.15, 0.2) is 12.3 Å². The van der Waals surface area contributed by atoms with Gasteiger partial charge in [-0.25, -0.2) is 13.6 Å². The predicted octanol–water partition coefficient (Wildman–Crippen LogP) is -0.749. The minimum atomic E-state index is -3.36. The third kappa shape index (κ3) is 2.63. The summed E-state index contributed by atoms with van der Waals surface area (Å²) in [6.45, 7) is 0. The van der Waals surface area contributed by atoms with Gasteiger partial charge in [0.15, 0.2) is 0 Å². The van der Waals surface area contributed by atoms with E-state index in [4.69, 9.17) is 5.14 Å². The molecule has 6 heteroatoms. The molecule has 0 saturated carbocycles. The van der Waals surface area contributed by atoms with Crippen LogP contribution in [0.1, 0.15) is 5.69 Å². The van der Waals surface area contributed by atoms with E-state index in [2.05, 4.69) is 5.10 Å². The Kier molecular flexibility index (Phi) is 2.49. The van der Waals surface area contributed by atoms with Gasteiger partial charge in [0.25, 0.3) is 0 Å². The molecular weight excluding hydrogens is 178 g/mol. The van der Waals surface area contributed by atoms with E-state index < -0.39 is 10.0 Å². The van der Waals surface area contributed by atoms with E-state index in [1.54, 1.807) is 24.0 Å². The van der Waals surface area contributed by atoms with E-state index in [1.807, 2.05) is 0 Å². The fourth-order valence-electron chi connectivity index (χ4n) is 0.893. The lowest BCUT2D eigenvalue weighted by molar-refractivity contribution is 0.595. The van der Waals surface area contributed by atoms with Crippen molar-refractivity contribution in [2.24, 2.45) is 12.2 Å². The van der Waals surface area contributed by atoms with E-state index in [0.717, 1.165) is 5.69 Å². The second-order valence-electron chi connectivity index (χ2n) is 2.56. The topological polar surface area (TPSA) is 78.0 Å². The Labute approximate surface area is 71.2 Å². The number of rotatable bonds is 3. The van der Waals surface area contributed by atoms with Gasteiger partial charge in [0.1, 0.15) is 0 Å². The van der Waals surface area contributed by atoms with Crippen molar-refractivity contribution in [1.29, 1.82) is 0 Å². The molecule has 1 heterocycles. The van der Waals surface area contributed by atoms with Gasteiger partial charge in [-0.15, -0.1) is 0 Å². The van der Waals surface area contributed by atoms with Gasteiger partial charge in [-0.1, -0.05) is 0 Å². The highest BCUT2D eigenvalue weighted by molar-refractivity contribution is 7.89. The number of sulfonamides is 1. The minimum Gasteiger partial charge on any atom is -0.273 e. The lowest BCUT2D eigenvalue weighted by Crippen LogP contribution is -2.18. The number of aromatic nitrogens is 2. The Bertz CT molecular complexity index is 355. The van der Waals surface area contributed by atoms with Gasteiger partial charge in [-0.05, 0) is 6.07 Å². The van der Waals surface area contributed by atoms with Gasteiger partial charge in [0.2, 0.25) is 10.0 Å². The average molecular weight is 189 g/mol. The molecule has 1 aromatic heterocycles. The van der Waals surface area contributed by atoms with E-state index in [1.165, 1.54) is 0 Å². The fourth-order valence-corrected chi connectivity index (χ4v) is 1.39. The number of primary sulfonamides is 1. The van der Waals surface area contributed by atoms with Crippen LogP contribution in [-0.2, 0) is 23.5 Å². The average Bonchev–Trinajstić information content (AvgIpc) is 2.29. The highest BCUT2D eigenvalue weighted by Gasteiger charge is 2.05. The van der Waals surface area contributed by atoms with Crippen LogP contribution in [0.25, 0.3) is 0 Å². The molecule has 0 aliphatic rings. The first-order chi connectivity index (χ1) is 5.49. The number of hydrogen-bond donors (Lipinski definition) is 1. The van der Waals surface area contributed by atoms with Crippen molar-refractivity contribution in [2.45, 2.75) is 6.42 Å². The summed E-state index contributed by atoms with van der Waals surface area (Å²) in [5, 5.41) is 8.74. The first-order valence-electron chi connectivity index (χ1n) is 3.46. The van der Waals surface area contributed by atoms with Crippen LogP contribution in [0.2, 0.25) is 0 Å². The summed E-state index contributed by atoms with van der Waals surface area (Å²) in [6.07, 6.45) is 2.04. The molecule has 0 aliphatic heterocycles. The summed E-state index contributed by atoms with van der Waals surface area (Å²) in [6, 6.07) is 1.77. The summed E-state index contributed by atoms with van der Waals surface area (Å²) < 4.78 is 22.8. The van der Waals surface area contributed by atoms with Crippen molar-refractivity contribution in [3.05, 3.63) is 18.0 Å². The highest BCUT2D eigenvalue weighted by Crippen LogP contribution is 1.98. The summed E-state index contributed by atoms with van der Waals surface area (Å²) >= 11 is 0. The Morgan fingerprint density at radius 2 is 2.33 bits per heavy atom. The summed E-state index contributed by atoms with van der Waals surface area (Å²) in [4.78, 5) is 0. The second-order valence-corrected chi connectivity index (χ2v) is 4.30. The molecule has 0 atom stereocenters. The zero-order chi connectivity index (χ0) is 9.19. The van der Waals surface area contributed by atoms with E-state index in [-0.39, 0.29) is 5.75 Å². The van der Waals surface area contributed by atoms with Gasteiger partial charge >= 0.3 is 0 Å². The SMILES string of the molecule is Cn1nccc1CCS(N)(=O)=O. The lowest BCUT2D eigenvalue weighted by Gasteiger charge is -1.99. The number of nitrogens with zero attached hydrogens (tertiary/aromatic N) is 2. The normalized spacial score (nSPS) is 11.8. The molecule has 0 amide bonds. The molecule has 12 heavy (non-hydrogen) atoms. The Morgan fingerprint density at radius 1 is 1.67 bits per heavy atom. The van der Waals surface area contributed by atoms with Gasteiger partial charge < -0.3 is 0 Å². The summed E-state index contributed by atoms with van der Waals surface area (Å²) in [7, 11) is -1.60. The molecule has 1 aromatic rings. The second kappa shape index (κ2) is 3.24. The van der Waals surface area contributed by atoms with E-state index in [9.17, 15) is 8.42 Å². The molecular formula is C6H11N3O2S. The fraction of sp³-hybridized carbons (Fsp3) is 0.500. The molecule has 1 rings (SSSR count). The largest absolute Gasteiger partial charge is 0.273 e. The molecule has 5 nitrogen and oxygen atoms in total. The number of hydrogen-bond acceptors (Lipinski definition) is 3. The van der Waals surface area contributed by atoms with E-state index >= 15 is 0 Å². The maximum atomic E-state index is 10.6. The monoisotopic (exact) mass is 189 g/mol. The van der Waals surface area contributed by atoms with E-state index in [0.29, 0.717) is 6.42 Å². The van der Waals surface area contributed by atoms with Crippen LogP contribution in [0, 0.1) is 0 Å². The third-order valence-electron chi connectivity index (χ3n) is 1.57. The van der Waals surface area contributed by atoms with Crippen LogP contribution in [-0.4, -0.2) is 24.0 Å². The smallest absolute Gasteiger partial charge is 0.209 e. The molecule has 0 fully saturated rings. The van der Waals surface area contributed by atoms with Crippen LogP contribution in [0.3, 0.4) is 0 Å². The molecule has 0 radical (unpaired) electrons. The van der Waals surface area contributed by atoms with Crippen molar-refractivity contribution in [2.75, 3.05) is 5.75 Å². The standard InChI is InChI=1S/C6H11N3O2S/c1-9-6(2-4-8-9)3-5-12(7,10)11/h2,4H,3,5H2,1H3,(H2,7,10,11). The van der Waals surface area contributed by atoms with Crippen LogP contribution in [0.5, 0.6) is 0 Å². The summed E-state index contributed by atoms with van der Waals surface area (Å²) in [5.74, 6) is -0.0352. The summed E-state index contributed by atoms with van der Waals surface area (Å²) in [5.41, 5.74) is 0.865. The minimum absolute atomic E-state index is 0.0352. The first-order valence-corrected chi connectivity index (χ1v) is 5.18. The van der Waals surface area contributed by atoms with Crippen molar-refractivity contribution in [3.8, 4) is 0 Å². The van der Waals surface area contributed by atoms with Gasteiger partial charge in [-0.3, -0.25) is 4.68 Å². The predicted molar refractivity (Wildman–Crippen MR) is 44.9 cm³/mol. The molecule has 68 valence electrons.